The summed E-state index contributed by atoms with van der Waals surface area (Å²) >= 11 is 3.26. The molecule has 0 spiro atoms. The molecule has 0 aliphatic rings. The van der Waals surface area contributed by atoms with Crippen molar-refractivity contribution in [1.82, 2.24) is 0 Å². The van der Waals surface area contributed by atoms with Gasteiger partial charge in [0.25, 0.3) is 0 Å². The van der Waals surface area contributed by atoms with Crippen molar-refractivity contribution in [3.8, 4) is 5.75 Å². The van der Waals surface area contributed by atoms with Gasteiger partial charge in [-0.3, -0.25) is 4.79 Å². The molecule has 0 heterocycles. The molecule has 0 radical (unpaired) electrons. The maximum Gasteiger partial charge on any atom is 0.387 e. The molecule has 1 amide bonds. The van der Waals surface area contributed by atoms with E-state index in [-0.39, 0.29) is 11.7 Å². The zero-order chi connectivity index (χ0) is 17.7. The van der Waals surface area contributed by atoms with E-state index in [2.05, 4.69) is 26.0 Å². The lowest BCUT2D eigenvalue weighted by atomic mass is 10.1. The van der Waals surface area contributed by atoms with Crippen LogP contribution in [0.25, 0.3) is 6.08 Å². The SMILES string of the molecule is Cc1ccc(NC(=O)/C=C/c2cc(Br)ccc2OC(F)F)c(C)c1. The zero-order valence-electron chi connectivity index (χ0n) is 13.1. The minimum atomic E-state index is -2.93. The van der Waals surface area contributed by atoms with Crippen molar-refractivity contribution < 1.29 is 18.3 Å². The van der Waals surface area contributed by atoms with Gasteiger partial charge in [0.15, 0.2) is 0 Å². The second kappa shape index (κ2) is 8.06. The van der Waals surface area contributed by atoms with E-state index in [1.165, 1.54) is 18.2 Å². The largest absolute Gasteiger partial charge is 0.434 e. The lowest BCUT2D eigenvalue weighted by molar-refractivity contribution is -0.111. The molecule has 0 unspecified atom stereocenters. The van der Waals surface area contributed by atoms with Crippen molar-refractivity contribution in [3.05, 3.63) is 63.6 Å². The van der Waals surface area contributed by atoms with Crippen molar-refractivity contribution in [2.75, 3.05) is 5.32 Å². The Morgan fingerprint density at radius 3 is 2.62 bits per heavy atom. The zero-order valence-corrected chi connectivity index (χ0v) is 14.7. The highest BCUT2D eigenvalue weighted by molar-refractivity contribution is 9.10. The van der Waals surface area contributed by atoms with Crippen molar-refractivity contribution in [2.24, 2.45) is 0 Å². The molecular weight excluding hydrogens is 380 g/mol. The number of hydrogen-bond donors (Lipinski definition) is 1. The summed E-state index contributed by atoms with van der Waals surface area (Å²) in [6.07, 6.45) is 2.71. The predicted octanol–water partition coefficient (Wildman–Crippen LogP) is 5.32. The second-order valence-electron chi connectivity index (χ2n) is 5.20. The van der Waals surface area contributed by atoms with Crippen LogP contribution in [0.15, 0.2) is 46.9 Å². The third-order valence-electron chi connectivity index (χ3n) is 3.24. The monoisotopic (exact) mass is 395 g/mol. The van der Waals surface area contributed by atoms with Gasteiger partial charge in [-0.2, -0.15) is 8.78 Å². The van der Waals surface area contributed by atoms with E-state index in [9.17, 15) is 13.6 Å². The third-order valence-corrected chi connectivity index (χ3v) is 3.74. The maximum atomic E-state index is 12.4. The molecule has 2 aromatic carbocycles. The number of anilines is 1. The minimum Gasteiger partial charge on any atom is -0.434 e. The van der Waals surface area contributed by atoms with Gasteiger partial charge in [-0.15, -0.1) is 0 Å². The number of carbonyl (C=O) groups is 1. The van der Waals surface area contributed by atoms with Gasteiger partial charge in [-0.25, -0.2) is 0 Å². The molecule has 0 aromatic heterocycles. The minimum absolute atomic E-state index is 0.00349. The lowest BCUT2D eigenvalue weighted by Crippen LogP contribution is -2.09. The van der Waals surface area contributed by atoms with E-state index in [0.29, 0.717) is 15.7 Å². The van der Waals surface area contributed by atoms with E-state index in [1.807, 2.05) is 32.0 Å². The van der Waals surface area contributed by atoms with Crippen LogP contribution in [0.3, 0.4) is 0 Å². The number of halogens is 3. The number of nitrogens with one attached hydrogen (secondary N) is 1. The highest BCUT2D eigenvalue weighted by Gasteiger charge is 2.09. The summed E-state index contributed by atoms with van der Waals surface area (Å²) in [5, 5.41) is 2.76. The molecule has 0 saturated carbocycles. The number of hydrogen-bond acceptors (Lipinski definition) is 2. The van der Waals surface area contributed by atoms with Crippen LogP contribution in [0.4, 0.5) is 14.5 Å². The van der Waals surface area contributed by atoms with Crippen LogP contribution in [0.2, 0.25) is 0 Å². The molecule has 0 fully saturated rings. The molecule has 0 aliphatic carbocycles. The summed E-state index contributed by atoms with van der Waals surface area (Å²) in [6.45, 7) is 0.938. The summed E-state index contributed by atoms with van der Waals surface area (Å²) in [5.74, 6) is -0.353. The van der Waals surface area contributed by atoms with E-state index < -0.39 is 6.61 Å². The Kier molecular flexibility index (Phi) is 6.09. The van der Waals surface area contributed by atoms with Crippen LogP contribution in [-0.4, -0.2) is 12.5 Å². The van der Waals surface area contributed by atoms with Gasteiger partial charge in [0, 0.05) is 21.8 Å². The van der Waals surface area contributed by atoms with Gasteiger partial charge >= 0.3 is 6.61 Å². The highest BCUT2D eigenvalue weighted by atomic mass is 79.9. The molecule has 2 rings (SSSR count). The molecular formula is C18H16BrF2NO2. The van der Waals surface area contributed by atoms with E-state index in [0.717, 1.165) is 11.1 Å². The third kappa shape index (κ3) is 5.16. The summed E-state index contributed by atoms with van der Waals surface area (Å²) in [5.41, 5.74) is 3.12. The van der Waals surface area contributed by atoms with Crippen LogP contribution < -0.4 is 10.1 Å². The molecule has 6 heteroatoms. The van der Waals surface area contributed by atoms with Gasteiger partial charge < -0.3 is 10.1 Å². The molecule has 0 saturated heterocycles. The van der Waals surface area contributed by atoms with Gasteiger partial charge in [0.05, 0.1) is 0 Å². The molecule has 126 valence electrons. The molecule has 2 aromatic rings. The standard InChI is InChI=1S/C18H16BrF2NO2/c1-11-3-6-15(12(2)9-11)22-17(23)8-4-13-10-14(19)5-7-16(13)24-18(20)21/h3-10,18H,1-2H3,(H,22,23)/b8-4+. The van der Waals surface area contributed by atoms with Crippen LogP contribution in [-0.2, 0) is 4.79 Å². The normalized spacial score (nSPS) is 11.1. The first-order chi connectivity index (χ1) is 11.3. The van der Waals surface area contributed by atoms with Gasteiger partial charge in [0.1, 0.15) is 5.75 Å². The Labute approximate surface area is 147 Å². The molecule has 0 atom stereocenters. The fourth-order valence-electron chi connectivity index (χ4n) is 2.15. The second-order valence-corrected chi connectivity index (χ2v) is 6.12. The number of benzene rings is 2. The quantitative estimate of drug-likeness (QED) is 0.695. The summed E-state index contributed by atoms with van der Waals surface area (Å²) in [7, 11) is 0. The smallest absolute Gasteiger partial charge is 0.387 e. The first kappa shape index (κ1) is 18.1. The fraction of sp³-hybridized carbons (Fsp3) is 0.167. The number of alkyl halides is 2. The van der Waals surface area contributed by atoms with Crippen LogP contribution in [0.1, 0.15) is 16.7 Å². The van der Waals surface area contributed by atoms with Gasteiger partial charge in [-0.05, 0) is 49.8 Å². The Hall–Kier alpha value is -2.21. The Bertz CT molecular complexity index is 776. The number of aryl methyl sites for hydroxylation is 2. The topological polar surface area (TPSA) is 38.3 Å². The maximum absolute atomic E-state index is 12.4. The fourth-order valence-corrected chi connectivity index (χ4v) is 2.53. The van der Waals surface area contributed by atoms with Crippen LogP contribution in [0.5, 0.6) is 5.75 Å². The van der Waals surface area contributed by atoms with Crippen molar-refractivity contribution in [3.63, 3.8) is 0 Å². The van der Waals surface area contributed by atoms with Crippen molar-refractivity contribution in [1.29, 1.82) is 0 Å². The van der Waals surface area contributed by atoms with Crippen LogP contribution in [0, 0.1) is 13.8 Å². The number of amides is 1. The Morgan fingerprint density at radius 1 is 1.21 bits per heavy atom. The summed E-state index contributed by atoms with van der Waals surface area (Å²) in [4.78, 5) is 12.0. The van der Waals surface area contributed by atoms with Crippen molar-refractivity contribution >= 4 is 33.6 Å². The van der Waals surface area contributed by atoms with E-state index in [1.54, 1.807) is 12.1 Å². The molecule has 0 bridgehead atoms. The van der Waals surface area contributed by atoms with E-state index >= 15 is 0 Å². The Balaban J connectivity index is 2.15. The summed E-state index contributed by atoms with van der Waals surface area (Å²) < 4.78 is 30.0. The molecule has 0 aliphatic heterocycles. The molecule has 1 N–H and O–H groups in total. The Morgan fingerprint density at radius 2 is 1.96 bits per heavy atom. The first-order valence-electron chi connectivity index (χ1n) is 7.16. The average Bonchev–Trinajstić information content (AvgIpc) is 2.50. The van der Waals surface area contributed by atoms with Crippen LogP contribution >= 0.6 is 15.9 Å². The lowest BCUT2D eigenvalue weighted by Gasteiger charge is -2.09. The average molecular weight is 396 g/mol. The van der Waals surface area contributed by atoms with E-state index in [4.69, 9.17) is 0 Å². The number of carbonyl (C=O) groups excluding carboxylic acids is 1. The van der Waals surface area contributed by atoms with Crippen molar-refractivity contribution in [2.45, 2.75) is 20.5 Å². The van der Waals surface area contributed by atoms with Gasteiger partial charge in [-0.1, -0.05) is 33.6 Å². The summed E-state index contributed by atoms with van der Waals surface area (Å²) in [6, 6.07) is 10.3. The predicted molar refractivity (Wildman–Crippen MR) is 94.4 cm³/mol. The van der Waals surface area contributed by atoms with Gasteiger partial charge in [0.2, 0.25) is 5.91 Å². The highest BCUT2D eigenvalue weighted by Crippen LogP contribution is 2.26. The molecule has 3 nitrogen and oxygen atoms in total. The number of ether oxygens (including phenoxy) is 1. The number of rotatable bonds is 5. The molecule has 24 heavy (non-hydrogen) atoms. The first-order valence-corrected chi connectivity index (χ1v) is 7.95.